The van der Waals surface area contributed by atoms with Crippen LogP contribution in [0.3, 0.4) is 0 Å². The minimum Gasteiger partial charge on any atom is -0.388 e. The summed E-state index contributed by atoms with van der Waals surface area (Å²) < 4.78 is 0. The summed E-state index contributed by atoms with van der Waals surface area (Å²) in [5.41, 5.74) is 0.161. The molecular formula is C35H42N2O4. The van der Waals surface area contributed by atoms with Gasteiger partial charge in [0.2, 0.25) is 11.8 Å². The maximum atomic E-state index is 12.5. The highest BCUT2D eigenvalue weighted by atomic mass is 16.3. The molecule has 0 aliphatic heterocycles. The first-order valence-electron chi connectivity index (χ1n) is 14.7. The van der Waals surface area contributed by atoms with E-state index in [0.717, 1.165) is 21.9 Å². The lowest BCUT2D eigenvalue weighted by atomic mass is 9.90. The molecule has 0 saturated carbocycles. The van der Waals surface area contributed by atoms with Gasteiger partial charge in [-0.25, -0.2) is 0 Å². The highest BCUT2D eigenvalue weighted by molar-refractivity contribution is 5.96. The van der Waals surface area contributed by atoms with E-state index in [0.29, 0.717) is 38.5 Å². The molecule has 6 heteroatoms. The number of amides is 2. The van der Waals surface area contributed by atoms with Gasteiger partial charge in [0.05, 0.1) is 11.2 Å². The van der Waals surface area contributed by atoms with Gasteiger partial charge in [0.1, 0.15) is 6.42 Å². The van der Waals surface area contributed by atoms with Crippen LogP contribution in [0.5, 0.6) is 0 Å². The zero-order chi connectivity index (χ0) is 29.3. The van der Waals surface area contributed by atoms with E-state index in [-0.39, 0.29) is 19.5 Å². The number of aryl methyl sites for hydroxylation is 2. The van der Waals surface area contributed by atoms with Crippen LogP contribution in [-0.4, -0.2) is 46.3 Å². The number of hydrogen-bond donors (Lipinski definition) is 4. The Morgan fingerprint density at radius 2 is 1.00 bits per heavy atom. The monoisotopic (exact) mass is 554 g/mol. The molecule has 2 atom stereocenters. The fourth-order valence-corrected chi connectivity index (χ4v) is 5.33. The summed E-state index contributed by atoms with van der Waals surface area (Å²) in [4.78, 5) is 25.1. The lowest BCUT2D eigenvalue weighted by Gasteiger charge is -2.28. The predicted octanol–water partition coefficient (Wildman–Crippen LogP) is 5.46. The number of benzene rings is 4. The van der Waals surface area contributed by atoms with Crippen molar-refractivity contribution in [3.63, 3.8) is 0 Å². The second kappa shape index (κ2) is 13.7. The summed E-state index contributed by atoms with van der Waals surface area (Å²) in [5.74, 6) is -0.898. The van der Waals surface area contributed by atoms with Crippen molar-refractivity contribution in [2.45, 2.75) is 70.0 Å². The van der Waals surface area contributed by atoms with E-state index in [1.54, 1.807) is 0 Å². The Bertz CT molecular complexity index is 1360. The van der Waals surface area contributed by atoms with Crippen LogP contribution >= 0.6 is 0 Å². The van der Waals surface area contributed by atoms with Crippen LogP contribution in [0.1, 0.15) is 57.1 Å². The highest BCUT2D eigenvalue weighted by Gasteiger charge is 2.28. The molecule has 2 amide bonds. The molecule has 0 spiro atoms. The molecule has 0 saturated heterocycles. The summed E-state index contributed by atoms with van der Waals surface area (Å²) in [7, 11) is 0. The average Bonchev–Trinajstić information content (AvgIpc) is 3.01. The van der Waals surface area contributed by atoms with Crippen LogP contribution in [0.2, 0.25) is 0 Å². The Morgan fingerprint density at radius 3 is 1.41 bits per heavy atom. The van der Waals surface area contributed by atoms with Gasteiger partial charge >= 0.3 is 0 Å². The zero-order valence-electron chi connectivity index (χ0n) is 24.2. The number of rotatable bonds is 14. The summed E-state index contributed by atoms with van der Waals surface area (Å²) in [5, 5.41) is 32.4. The molecule has 0 fully saturated rings. The molecule has 0 aliphatic rings. The fraction of sp³-hybridized carbons (Fsp3) is 0.371. The second-order valence-corrected chi connectivity index (χ2v) is 11.2. The van der Waals surface area contributed by atoms with Gasteiger partial charge in [-0.1, -0.05) is 98.8 Å². The van der Waals surface area contributed by atoms with E-state index in [4.69, 9.17) is 0 Å². The van der Waals surface area contributed by atoms with Gasteiger partial charge in [-0.2, -0.15) is 0 Å². The second-order valence-electron chi connectivity index (χ2n) is 11.2. The zero-order valence-corrected chi connectivity index (χ0v) is 24.2. The molecular weight excluding hydrogens is 512 g/mol. The first-order valence-corrected chi connectivity index (χ1v) is 14.7. The van der Waals surface area contributed by atoms with Crippen molar-refractivity contribution < 1.29 is 19.8 Å². The van der Waals surface area contributed by atoms with E-state index in [1.807, 2.05) is 50.2 Å². The summed E-state index contributed by atoms with van der Waals surface area (Å²) in [6, 6.07) is 28.7. The lowest BCUT2D eigenvalue weighted by molar-refractivity contribution is -0.130. The van der Waals surface area contributed by atoms with Gasteiger partial charge in [0.15, 0.2) is 0 Å². The van der Waals surface area contributed by atoms with Crippen molar-refractivity contribution >= 4 is 33.4 Å². The minimum absolute atomic E-state index is 0.0737. The molecule has 0 radical (unpaired) electrons. The molecule has 41 heavy (non-hydrogen) atoms. The summed E-state index contributed by atoms with van der Waals surface area (Å²) in [6.07, 6.45) is 2.93. The Labute approximate surface area is 242 Å². The molecule has 4 aromatic carbocycles. The van der Waals surface area contributed by atoms with E-state index in [2.05, 4.69) is 59.2 Å². The third kappa shape index (κ3) is 8.15. The molecule has 0 bridgehead atoms. The van der Waals surface area contributed by atoms with Gasteiger partial charge in [0.25, 0.3) is 0 Å². The van der Waals surface area contributed by atoms with Crippen molar-refractivity contribution in [2.75, 3.05) is 13.1 Å². The van der Waals surface area contributed by atoms with E-state index < -0.39 is 23.0 Å². The van der Waals surface area contributed by atoms with Crippen LogP contribution in [-0.2, 0) is 22.4 Å². The fourth-order valence-electron chi connectivity index (χ4n) is 5.33. The quantitative estimate of drug-likeness (QED) is 0.156. The number of aliphatic hydroxyl groups is 2. The van der Waals surface area contributed by atoms with E-state index >= 15 is 0 Å². The molecule has 4 aromatic rings. The molecule has 0 aliphatic carbocycles. The van der Waals surface area contributed by atoms with Crippen molar-refractivity contribution in [1.82, 2.24) is 10.6 Å². The SMILES string of the molecule is CCC(O)(CCc1cccc2ccccc12)CNC(=O)CC(=O)NCC(O)(CC)CCc1cccc2ccccc12. The Balaban J connectivity index is 1.24. The molecule has 0 aromatic heterocycles. The predicted molar refractivity (Wildman–Crippen MR) is 166 cm³/mol. The standard InChI is InChI=1S/C35H42N2O4/c1-3-34(40,21-19-28-15-9-13-26-11-5-7-17-30(26)28)24-36-32(38)23-33(39)37-25-35(41,4-2)22-20-29-16-10-14-27-12-6-8-18-31(27)29/h5-18,40-41H,3-4,19-25H2,1-2H3,(H,36,38)(H,37,39). The molecule has 0 heterocycles. The molecule has 4 rings (SSSR count). The average molecular weight is 555 g/mol. The van der Waals surface area contributed by atoms with Crippen LogP contribution in [0.15, 0.2) is 84.9 Å². The van der Waals surface area contributed by atoms with Gasteiger partial charge in [0, 0.05) is 13.1 Å². The van der Waals surface area contributed by atoms with Crippen LogP contribution in [0.25, 0.3) is 21.5 Å². The highest BCUT2D eigenvalue weighted by Crippen LogP contribution is 2.25. The first-order chi connectivity index (χ1) is 19.7. The van der Waals surface area contributed by atoms with Crippen LogP contribution < -0.4 is 10.6 Å². The van der Waals surface area contributed by atoms with Crippen molar-refractivity contribution in [3.05, 3.63) is 96.1 Å². The minimum atomic E-state index is -1.08. The molecule has 216 valence electrons. The third-order valence-electron chi connectivity index (χ3n) is 8.35. The molecule has 6 nitrogen and oxygen atoms in total. The number of nitrogens with one attached hydrogen (secondary N) is 2. The number of carbonyl (C=O) groups excluding carboxylic acids is 2. The van der Waals surface area contributed by atoms with Crippen molar-refractivity contribution in [3.8, 4) is 0 Å². The van der Waals surface area contributed by atoms with Crippen molar-refractivity contribution in [1.29, 1.82) is 0 Å². The van der Waals surface area contributed by atoms with Gasteiger partial charge in [-0.05, 0) is 71.2 Å². The third-order valence-corrected chi connectivity index (χ3v) is 8.35. The summed E-state index contributed by atoms with van der Waals surface area (Å²) >= 11 is 0. The van der Waals surface area contributed by atoms with Gasteiger partial charge < -0.3 is 20.8 Å². The number of hydrogen-bond acceptors (Lipinski definition) is 4. The number of carbonyl (C=O) groups is 2. The Hall–Kier alpha value is -3.74. The maximum absolute atomic E-state index is 12.5. The van der Waals surface area contributed by atoms with Crippen LogP contribution in [0, 0.1) is 0 Å². The lowest BCUT2D eigenvalue weighted by Crippen LogP contribution is -2.46. The maximum Gasteiger partial charge on any atom is 0.229 e. The van der Waals surface area contributed by atoms with E-state index in [1.165, 1.54) is 10.8 Å². The smallest absolute Gasteiger partial charge is 0.229 e. The Morgan fingerprint density at radius 1 is 0.610 bits per heavy atom. The molecule has 4 N–H and O–H groups in total. The topological polar surface area (TPSA) is 98.7 Å². The Kier molecular flexibility index (Phi) is 10.1. The normalized spacial score (nSPS) is 14.3. The van der Waals surface area contributed by atoms with E-state index in [9.17, 15) is 19.8 Å². The molecule has 2 unspecified atom stereocenters. The number of fused-ring (bicyclic) bond motifs is 2. The largest absolute Gasteiger partial charge is 0.388 e. The van der Waals surface area contributed by atoms with Crippen LogP contribution in [0.4, 0.5) is 0 Å². The van der Waals surface area contributed by atoms with Gasteiger partial charge in [-0.3, -0.25) is 9.59 Å². The van der Waals surface area contributed by atoms with Crippen molar-refractivity contribution in [2.24, 2.45) is 0 Å². The summed E-state index contributed by atoms with van der Waals surface area (Å²) in [6.45, 7) is 3.94. The van der Waals surface area contributed by atoms with Gasteiger partial charge in [-0.15, -0.1) is 0 Å². The first kappa shape index (κ1) is 30.2.